The van der Waals surface area contributed by atoms with E-state index >= 15 is 0 Å². The van der Waals surface area contributed by atoms with Crippen molar-refractivity contribution < 1.29 is 0 Å². The van der Waals surface area contributed by atoms with Crippen LogP contribution in [0.5, 0.6) is 0 Å². The van der Waals surface area contributed by atoms with E-state index in [9.17, 15) is 0 Å². The van der Waals surface area contributed by atoms with Gasteiger partial charge in [-0.15, -0.1) is 0 Å². The van der Waals surface area contributed by atoms with Gasteiger partial charge in [0.15, 0.2) is 0 Å². The second-order valence-electron chi connectivity index (χ2n) is 5.10. The van der Waals surface area contributed by atoms with Crippen molar-refractivity contribution in [3.63, 3.8) is 0 Å². The first-order valence-electron chi connectivity index (χ1n) is 6.63. The van der Waals surface area contributed by atoms with E-state index in [1.807, 2.05) is 0 Å². The monoisotopic (exact) mass is 308 g/mol. The molecule has 0 atom stereocenters. The first-order chi connectivity index (χ1) is 9.34. The van der Waals surface area contributed by atoms with E-state index in [2.05, 4.69) is 70.5 Å². The molecule has 0 N–H and O–H groups in total. The average molecular weight is 309 g/mol. The van der Waals surface area contributed by atoms with Gasteiger partial charge in [-0.05, 0) is 51.9 Å². The Kier molecular flexibility index (Phi) is 2.49. The molecule has 0 heterocycles. The second kappa shape index (κ2) is 4.21. The van der Waals surface area contributed by atoms with Crippen molar-refractivity contribution in [1.82, 2.24) is 0 Å². The maximum atomic E-state index is 3.72. The van der Waals surface area contributed by atoms with Crippen LogP contribution in [0.2, 0.25) is 0 Å². The Bertz CT molecular complexity index is 787. The van der Waals surface area contributed by atoms with Crippen molar-refractivity contribution in [1.29, 1.82) is 0 Å². The minimum absolute atomic E-state index is 1.13. The van der Waals surface area contributed by atoms with E-state index in [0.717, 1.165) is 12.8 Å². The molecule has 0 aromatic heterocycles. The average Bonchev–Trinajstić information content (AvgIpc) is 2.47. The molecule has 3 aromatic carbocycles. The van der Waals surface area contributed by atoms with Gasteiger partial charge in [-0.1, -0.05) is 64.5 Å². The van der Waals surface area contributed by atoms with Gasteiger partial charge in [-0.3, -0.25) is 0 Å². The van der Waals surface area contributed by atoms with Crippen LogP contribution in [0.15, 0.2) is 59.1 Å². The van der Waals surface area contributed by atoms with Crippen molar-refractivity contribution in [2.45, 2.75) is 12.8 Å². The smallest absolute Gasteiger partial charge is 0.0256 e. The Morgan fingerprint density at radius 1 is 0.737 bits per heavy atom. The van der Waals surface area contributed by atoms with Crippen molar-refractivity contribution in [2.75, 3.05) is 0 Å². The van der Waals surface area contributed by atoms with Gasteiger partial charge in [-0.25, -0.2) is 0 Å². The Morgan fingerprint density at radius 3 is 2.32 bits per heavy atom. The molecule has 0 radical (unpaired) electrons. The quantitative estimate of drug-likeness (QED) is 0.524. The molecule has 92 valence electrons. The third-order valence-electron chi connectivity index (χ3n) is 4.03. The zero-order chi connectivity index (χ0) is 12.8. The summed E-state index contributed by atoms with van der Waals surface area (Å²) in [5, 5.41) is 2.66. The Morgan fingerprint density at radius 2 is 1.42 bits per heavy atom. The molecule has 4 rings (SSSR count). The van der Waals surface area contributed by atoms with E-state index in [1.54, 1.807) is 0 Å². The first-order valence-corrected chi connectivity index (χ1v) is 7.42. The van der Waals surface area contributed by atoms with Gasteiger partial charge in [0, 0.05) is 4.47 Å². The normalized spacial score (nSPS) is 13.1. The largest absolute Gasteiger partial charge is 0.0620 e. The van der Waals surface area contributed by atoms with E-state index < -0.39 is 0 Å². The summed E-state index contributed by atoms with van der Waals surface area (Å²) in [4.78, 5) is 0. The highest BCUT2D eigenvalue weighted by Gasteiger charge is 2.19. The molecule has 3 aromatic rings. The summed E-state index contributed by atoms with van der Waals surface area (Å²) in [5.41, 5.74) is 5.78. The fourth-order valence-electron chi connectivity index (χ4n) is 3.15. The van der Waals surface area contributed by atoms with Crippen LogP contribution in [-0.2, 0) is 12.8 Å². The molecular formula is C18H13Br. The summed E-state index contributed by atoms with van der Waals surface area (Å²) in [6.07, 6.45) is 2.28. The van der Waals surface area contributed by atoms with Gasteiger partial charge >= 0.3 is 0 Å². The van der Waals surface area contributed by atoms with Gasteiger partial charge in [0.1, 0.15) is 0 Å². The summed E-state index contributed by atoms with van der Waals surface area (Å²) < 4.78 is 1.21. The standard InChI is InChI=1S/C18H13Br/c19-17-11-13-10-9-12-5-1-2-6-14(12)18(13)16-8-4-3-7-15(16)17/h1-8,11H,9-10H2. The van der Waals surface area contributed by atoms with Crippen molar-refractivity contribution >= 4 is 26.7 Å². The summed E-state index contributed by atoms with van der Waals surface area (Å²) in [6, 6.07) is 19.8. The lowest BCUT2D eigenvalue weighted by Gasteiger charge is -2.22. The van der Waals surface area contributed by atoms with Gasteiger partial charge in [0.2, 0.25) is 0 Å². The SMILES string of the molecule is Brc1cc2c(c3ccccc13)-c1ccccc1CC2. The van der Waals surface area contributed by atoms with E-state index in [-0.39, 0.29) is 0 Å². The van der Waals surface area contributed by atoms with Gasteiger partial charge in [0.05, 0.1) is 0 Å². The lowest BCUT2D eigenvalue weighted by molar-refractivity contribution is 0.944. The zero-order valence-corrected chi connectivity index (χ0v) is 12.1. The lowest BCUT2D eigenvalue weighted by Crippen LogP contribution is -2.04. The highest BCUT2D eigenvalue weighted by atomic mass is 79.9. The summed E-state index contributed by atoms with van der Waals surface area (Å²) in [7, 11) is 0. The molecule has 0 spiro atoms. The molecule has 1 aliphatic rings. The molecule has 1 aliphatic carbocycles. The lowest BCUT2D eigenvalue weighted by atomic mass is 9.83. The topological polar surface area (TPSA) is 0 Å². The summed E-state index contributed by atoms with van der Waals surface area (Å²) in [6.45, 7) is 0. The molecule has 0 nitrogen and oxygen atoms in total. The van der Waals surface area contributed by atoms with E-state index in [4.69, 9.17) is 0 Å². The van der Waals surface area contributed by atoms with Gasteiger partial charge in [-0.2, -0.15) is 0 Å². The fraction of sp³-hybridized carbons (Fsp3) is 0.111. The fourth-order valence-corrected chi connectivity index (χ4v) is 3.77. The molecular weight excluding hydrogens is 296 g/mol. The minimum Gasteiger partial charge on any atom is -0.0620 e. The van der Waals surface area contributed by atoms with Crippen LogP contribution in [-0.4, -0.2) is 0 Å². The Hall–Kier alpha value is -1.60. The van der Waals surface area contributed by atoms with Crippen molar-refractivity contribution in [2.24, 2.45) is 0 Å². The highest BCUT2D eigenvalue weighted by Crippen LogP contribution is 2.41. The molecule has 19 heavy (non-hydrogen) atoms. The number of aryl methyl sites for hydroxylation is 2. The highest BCUT2D eigenvalue weighted by molar-refractivity contribution is 9.10. The van der Waals surface area contributed by atoms with Crippen LogP contribution >= 0.6 is 15.9 Å². The number of hydrogen-bond acceptors (Lipinski definition) is 0. The predicted molar refractivity (Wildman–Crippen MR) is 84.5 cm³/mol. The molecule has 1 heteroatoms. The zero-order valence-electron chi connectivity index (χ0n) is 10.5. The van der Waals surface area contributed by atoms with Gasteiger partial charge in [0.25, 0.3) is 0 Å². The number of benzene rings is 3. The minimum atomic E-state index is 1.13. The summed E-state index contributed by atoms with van der Waals surface area (Å²) in [5.74, 6) is 0. The number of halogens is 1. The molecule has 0 aliphatic heterocycles. The van der Waals surface area contributed by atoms with Crippen LogP contribution < -0.4 is 0 Å². The molecule has 0 saturated carbocycles. The van der Waals surface area contributed by atoms with Crippen molar-refractivity contribution in [3.05, 3.63) is 70.2 Å². The summed E-state index contributed by atoms with van der Waals surface area (Å²) >= 11 is 3.72. The van der Waals surface area contributed by atoms with Crippen LogP contribution in [0, 0.1) is 0 Å². The molecule has 0 unspecified atom stereocenters. The third-order valence-corrected chi connectivity index (χ3v) is 4.68. The number of rotatable bonds is 0. The predicted octanol–water partition coefficient (Wildman–Crippen LogP) is 5.37. The first kappa shape index (κ1) is 11.2. The second-order valence-corrected chi connectivity index (χ2v) is 5.95. The maximum Gasteiger partial charge on any atom is 0.0256 e. The number of fused-ring (bicyclic) bond motifs is 5. The van der Waals surface area contributed by atoms with Crippen LogP contribution in [0.1, 0.15) is 11.1 Å². The van der Waals surface area contributed by atoms with E-state index in [1.165, 1.54) is 37.5 Å². The molecule has 0 fully saturated rings. The van der Waals surface area contributed by atoms with Crippen molar-refractivity contribution in [3.8, 4) is 11.1 Å². The molecule has 0 bridgehead atoms. The molecule has 0 amide bonds. The van der Waals surface area contributed by atoms with Crippen LogP contribution in [0.25, 0.3) is 21.9 Å². The van der Waals surface area contributed by atoms with E-state index in [0.29, 0.717) is 0 Å². The van der Waals surface area contributed by atoms with Gasteiger partial charge < -0.3 is 0 Å². The Balaban J connectivity index is 2.17. The van der Waals surface area contributed by atoms with Crippen LogP contribution in [0.3, 0.4) is 0 Å². The number of hydrogen-bond donors (Lipinski definition) is 0. The Labute approximate surface area is 121 Å². The van der Waals surface area contributed by atoms with Crippen LogP contribution in [0.4, 0.5) is 0 Å². The maximum absolute atomic E-state index is 3.72. The molecule has 0 saturated heterocycles. The third kappa shape index (κ3) is 1.65.